The van der Waals surface area contributed by atoms with Gasteiger partial charge in [0.1, 0.15) is 18.1 Å². The van der Waals surface area contributed by atoms with Gasteiger partial charge in [0.2, 0.25) is 0 Å². The van der Waals surface area contributed by atoms with Crippen LogP contribution in [-0.4, -0.2) is 32.1 Å². The second-order valence-electron chi connectivity index (χ2n) is 5.22. The van der Waals surface area contributed by atoms with E-state index in [4.69, 9.17) is 9.47 Å². The van der Waals surface area contributed by atoms with Crippen LogP contribution in [0.15, 0.2) is 67.3 Å². The molecule has 0 saturated carbocycles. The summed E-state index contributed by atoms with van der Waals surface area (Å²) < 4.78 is 15.3. The third-order valence-electron chi connectivity index (χ3n) is 3.41. The highest BCUT2D eigenvalue weighted by atomic mass is 16.6. The Bertz CT molecular complexity index is 790. The first-order valence-electron chi connectivity index (χ1n) is 7.99. The quantitative estimate of drug-likeness (QED) is 0.298. The van der Waals surface area contributed by atoms with E-state index in [9.17, 15) is 9.59 Å². The largest absolute Gasteiger partial charge is 0.489 e. The van der Waals surface area contributed by atoms with Crippen molar-refractivity contribution in [2.75, 3.05) is 20.3 Å². The molecule has 0 radical (unpaired) electrons. The van der Waals surface area contributed by atoms with Crippen LogP contribution < -0.4 is 9.47 Å². The van der Waals surface area contributed by atoms with Crippen LogP contribution in [0, 0.1) is 0 Å². The lowest BCUT2D eigenvalue weighted by Crippen LogP contribution is -2.12. The van der Waals surface area contributed by atoms with E-state index in [1.807, 2.05) is 24.3 Å². The number of ether oxygens (including phenoxy) is 3. The van der Waals surface area contributed by atoms with Gasteiger partial charge in [-0.25, -0.2) is 4.79 Å². The van der Waals surface area contributed by atoms with E-state index in [1.54, 1.807) is 36.4 Å². The fourth-order valence-electron chi connectivity index (χ4n) is 2.08. The van der Waals surface area contributed by atoms with E-state index in [0.717, 1.165) is 5.56 Å². The molecule has 0 fully saturated rings. The van der Waals surface area contributed by atoms with Gasteiger partial charge in [0, 0.05) is 11.1 Å². The van der Waals surface area contributed by atoms with Gasteiger partial charge in [-0.2, -0.15) is 0 Å². The predicted molar refractivity (Wildman–Crippen MR) is 99.5 cm³/mol. The number of rotatable bonds is 9. The average molecular weight is 352 g/mol. The molecule has 26 heavy (non-hydrogen) atoms. The highest BCUT2D eigenvalue weighted by Crippen LogP contribution is 2.20. The van der Waals surface area contributed by atoms with Crippen molar-refractivity contribution >= 4 is 17.8 Å². The summed E-state index contributed by atoms with van der Waals surface area (Å²) in [5.74, 6) is 0.551. The summed E-state index contributed by atoms with van der Waals surface area (Å²) in [4.78, 5) is 23.4. The van der Waals surface area contributed by atoms with E-state index in [0.29, 0.717) is 23.7 Å². The van der Waals surface area contributed by atoms with Gasteiger partial charge in [-0.15, -0.1) is 0 Å². The SMILES string of the molecule is C=CCOc1ccccc1/C=C/C(=O)c1ccc(OCC(=O)OC)cc1. The van der Waals surface area contributed by atoms with E-state index in [1.165, 1.54) is 13.2 Å². The number of benzene rings is 2. The molecule has 5 heteroatoms. The van der Waals surface area contributed by atoms with Crippen molar-refractivity contribution in [2.45, 2.75) is 0 Å². The minimum atomic E-state index is -0.467. The molecule has 0 aromatic heterocycles. The molecule has 5 nitrogen and oxygen atoms in total. The standard InChI is InChI=1S/C21H20O5/c1-3-14-25-20-7-5-4-6-17(20)10-13-19(22)16-8-11-18(12-9-16)26-15-21(23)24-2/h3-13H,1,14-15H2,2H3/b13-10+. The molecule has 0 amide bonds. The summed E-state index contributed by atoms with van der Waals surface area (Å²) >= 11 is 0. The third-order valence-corrected chi connectivity index (χ3v) is 3.41. The normalized spacial score (nSPS) is 10.3. The van der Waals surface area contributed by atoms with Crippen molar-refractivity contribution in [3.8, 4) is 11.5 Å². The summed E-state index contributed by atoms with van der Waals surface area (Å²) in [6.45, 7) is 3.84. The van der Waals surface area contributed by atoms with Crippen LogP contribution in [0.5, 0.6) is 11.5 Å². The van der Waals surface area contributed by atoms with Gasteiger partial charge in [0.15, 0.2) is 12.4 Å². The molecule has 0 aliphatic heterocycles. The zero-order valence-corrected chi connectivity index (χ0v) is 14.5. The van der Waals surface area contributed by atoms with Crippen LogP contribution >= 0.6 is 0 Å². The van der Waals surface area contributed by atoms with Gasteiger partial charge >= 0.3 is 5.97 Å². The summed E-state index contributed by atoms with van der Waals surface area (Å²) in [5.41, 5.74) is 1.32. The minimum Gasteiger partial charge on any atom is -0.489 e. The molecule has 0 heterocycles. The number of hydrogen-bond acceptors (Lipinski definition) is 5. The average Bonchev–Trinajstić information content (AvgIpc) is 2.69. The third kappa shape index (κ3) is 5.63. The highest BCUT2D eigenvalue weighted by molar-refractivity contribution is 6.07. The zero-order valence-electron chi connectivity index (χ0n) is 14.5. The topological polar surface area (TPSA) is 61.8 Å². The lowest BCUT2D eigenvalue weighted by Gasteiger charge is -2.06. The Hall–Kier alpha value is -3.34. The van der Waals surface area contributed by atoms with Crippen molar-refractivity contribution < 1.29 is 23.8 Å². The lowest BCUT2D eigenvalue weighted by molar-refractivity contribution is -0.142. The van der Waals surface area contributed by atoms with Crippen molar-refractivity contribution in [2.24, 2.45) is 0 Å². The lowest BCUT2D eigenvalue weighted by atomic mass is 10.1. The molecule has 0 aliphatic rings. The highest BCUT2D eigenvalue weighted by Gasteiger charge is 2.05. The Morgan fingerprint density at radius 3 is 2.46 bits per heavy atom. The molecular weight excluding hydrogens is 332 g/mol. The maximum absolute atomic E-state index is 12.3. The fourth-order valence-corrected chi connectivity index (χ4v) is 2.08. The minimum absolute atomic E-state index is 0.150. The van der Waals surface area contributed by atoms with Crippen molar-refractivity contribution in [3.63, 3.8) is 0 Å². The maximum atomic E-state index is 12.3. The molecule has 0 saturated heterocycles. The van der Waals surface area contributed by atoms with E-state index < -0.39 is 5.97 Å². The fraction of sp³-hybridized carbons (Fsp3) is 0.143. The molecule has 2 aromatic rings. The molecule has 2 rings (SSSR count). The van der Waals surface area contributed by atoms with Crippen molar-refractivity contribution in [3.05, 3.63) is 78.4 Å². The van der Waals surface area contributed by atoms with E-state index in [2.05, 4.69) is 11.3 Å². The van der Waals surface area contributed by atoms with Crippen LogP contribution in [0.3, 0.4) is 0 Å². The first kappa shape index (κ1) is 19.0. The smallest absolute Gasteiger partial charge is 0.343 e. The molecule has 0 N–H and O–H groups in total. The molecule has 2 aromatic carbocycles. The number of methoxy groups -OCH3 is 1. The Kier molecular flexibility index (Phi) is 7.18. The van der Waals surface area contributed by atoms with Gasteiger partial charge < -0.3 is 14.2 Å². The predicted octanol–water partition coefficient (Wildman–Crippen LogP) is 3.70. The first-order chi connectivity index (χ1) is 12.6. The van der Waals surface area contributed by atoms with Gasteiger partial charge in [-0.05, 0) is 42.5 Å². The number of carbonyl (C=O) groups excluding carboxylic acids is 2. The molecule has 0 bridgehead atoms. The maximum Gasteiger partial charge on any atom is 0.343 e. The van der Waals surface area contributed by atoms with Crippen LogP contribution in [0.2, 0.25) is 0 Å². The van der Waals surface area contributed by atoms with Crippen LogP contribution in [-0.2, 0) is 9.53 Å². The summed E-state index contributed by atoms with van der Waals surface area (Å²) in [5, 5.41) is 0. The summed E-state index contributed by atoms with van der Waals surface area (Å²) in [6.07, 6.45) is 4.86. The number of para-hydroxylation sites is 1. The Morgan fingerprint density at radius 1 is 1.04 bits per heavy atom. The van der Waals surface area contributed by atoms with Gasteiger partial charge in [-0.1, -0.05) is 30.9 Å². The number of ketones is 1. The second kappa shape index (κ2) is 9.84. The molecule has 134 valence electrons. The second-order valence-corrected chi connectivity index (χ2v) is 5.22. The zero-order chi connectivity index (χ0) is 18.8. The summed E-state index contributed by atoms with van der Waals surface area (Å²) in [6, 6.07) is 14.0. The molecule has 0 spiro atoms. The molecule has 0 atom stereocenters. The van der Waals surface area contributed by atoms with E-state index >= 15 is 0 Å². The van der Waals surface area contributed by atoms with Crippen LogP contribution in [0.1, 0.15) is 15.9 Å². The number of carbonyl (C=O) groups is 2. The number of allylic oxidation sites excluding steroid dienone is 1. The molecule has 0 unspecified atom stereocenters. The first-order valence-corrected chi connectivity index (χ1v) is 7.99. The van der Waals surface area contributed by atoms with Crippen molar-refractivity contribution in [1.82, 2.24) is 0 Å². The molecular formula is C21H20O5. The van der Waals surface area contributed by atoms with Gasteiger partial charge in [0.25, 0.3) is 0 Å². The Morgan fingerprint density at radius 2 is 1.77 bits per heavy atom. The van der Waals surface area contributed by atoms with Crippen molar-refractivity contribution in [1.29, 1.82) is 0 Å². The Labute approximate surface area is 152 Å². The number of esters is 1. The monoisotopic (exact) mass is 352 g/mol. The van der Waals surface area contributed by atoms with Crippen LogP contribution in [0.25, 0.3) is 6.08 Å². The van der Waals surface area contributed by atoms with E-state index in [-0.39, 0.29) is 12.4 Å². The van der Waals surface area contributed by atoms with Crippen LogP contribution in [0.4, 0.5) is 0 Å². The summed E-state index contributed by atoms with van der Waals surface area (Å²) in [7, 11) is 1.29. The Balaban J connectivity index is 2.02. The number of hydrogen-bond donors (Lipinski definition) is 0. The molecule has 0 aliphatic carbocycles. The van der Waals surface area contributed by atoms with Gasteiger partial charge in [-0.3, -0.25) is 4.79 Å². The van der Waals surface area contributed by atoms with Gasteiger partial charge in [0.05, 0.1) is 7.11 Å².